The van der Waals surface area contributed by atoms with E-state index in [1.165, 1.54) is 0 Å². The van der Waals surface area contributed by atoms with Gasteiger partial charge in [0.1, 0.15) is 18.0 Å². The van der Waals surface area contributed by atoms with Crippen LogP contribution >= 0.6 is 0 Å². The maximum absolute atomic E-state index is 11.5. The summed E-state index contributed by atoms with van der Waals surface area (Å²) in [6.45, 7) is 0. The molecule has 0 spiro atoms. The highest BCUT2D eigenvalue weighted by Crippen LogP contribution is 2.27. The minimum atomic E-state index is -0.960. The van der Waals surface area contributed by atoms with Gasteiger partial charge in [-0.05, 0) is 29.3 Å². The summed E-state index contributed by atoms with van der Waals surface area (Å²) in [6.07, 6.45) is 0.705. The van der Waals surface area contributed by atoms with Crippen molar-refractivity contribution >= 4 is 12.3 Å². The van der Waals surface area contributed by atoms with E-state index < -0.39 is 11.9 Å². The Morgan fingerprint density at radius 1 is 1.15 bits per heavy atom. The molecule has 2 aromatic rings. The molecule has 0 bridgehead atoms. The van der Waals surface area contributed by atoms with E-state index in [9.17, 15) is 14.7 Å². The molecule has 0 aromatic heterocycles. The molecule has 1 N–H and O–H groups in total. The number of rotatable bonds is 5. The SMILES string of the molecule is COc1ccc(C(C(=O)O)c2cccc(C=O)c2)cc1. The Kier molecular flexibility index (Phi) is 4.15. The molecule has 20 heavy (non-hydrogen) atoms. The summed E-state index contributed by atoms with van der Waals surface area (Å²) in [6, 6.07) is 13.5. The number of aldehydes is 1. The molecule has 2 rings (SSSR count). The Hall–Kier alpha value is -2.62. The first-order valence-corrected chi connectivity index (χ1v) is 6.07. The van der Waals surface area contributed by atoms with Crippen LogP contribution in [-0.4, -0.2) is 24.5 Å². The van der Waals surface area contributed by atoms with Crippen LogP contribution in [-0.2, 0) is 4.79 Å². The number of ether oxygens (including phenoxy) is 1. The number of hydrogen-bond acceptors (Lipinski definition) is 3. The summed E-state index contributed by atoms with van der Waals surface area (Å²) in [5, 5.41) is 9.45. The first-order chi connectivity index (χ1) is 9.65. The fraction of sp³-hybridized carbons (Fsp3) is 0.125. The Morgan fingerprint density at radius 2 is 1.85 bits per heavy atom. The van der Waals surface area contributed by atoms with Crippen molar-refractivity contribution < 1.29 is 19.4 Å². The highest BCUT2D eigenvalue weighted by atomic mass is 16.5. The number of carboxylic acids is 1. The fourth-order valence-electron chi connectivity index (χ4n) is 2.09. The van der Waals surface area contributed by atoms with Crippen LogP contribution in [0, 0.1) is 0 Å². The molecule has 0 aliphatic heterocycles. The maximum Gasteiger partial charge on any atom is 0.315 e. The van der Waals surface area contributed by atoms with Gasteiger partial charge in [-0.3, -0.25) is 9.59 Å². The quantitative estimate of drug-likeness (QED) is 0.848. The van der Waals surface area contributed by atoms with Crippen molar-refractivity contribution in [2.75, 3.05) is 7.11 Å². The smallest absolute Gasteiger partial charge is 0.315 e. The van der Waals surface area contributed by atoms with Crippen LogP contribution in [0.5, 0.6) is 5.75 Å². The summed E-state index contributed by atoms with van der Waals surface area (Å²) < 4.78 is 5.06. The third-order valence-corrected chi connectivity index (χ3v) is 3.08. The van der Waals surface area contributed by atoms with E-state index in [1.807, 2.05) is 0 Å². The molecule has 0 radical (unpaired) electrons. The number of hydrogen-bond donors (Lipinski definition) is 1. The molecule has 0 fully saturated rings. The van der Waals surface area contributed by atoms with Crippen molar-refractivity contribution in [2.45, 2.75) is 5.92 Å². The molecule has 0 aliphatic rings. The third kappa shape index (κ3) is 2.85. The van der Waals surface area contributed by atoms with Gasteiger partial charge in [0, 0.05) is 5.56 Å². The van der Waals surface area contributed by atoms with Gasteiger partial charge in [0.2, 0.25) is 0 Å². The van der Waals surface area contributed by atoms with E-state index in [4.69, 9.17) is 4.74 Å². The Bertz CT molecular complexity index is 617. The zero-order valence-electron chi connectivity index (χ0n) is 10.9. The molecule has 2 aromatic carbocycles. The Balaban J connectivity index is 2.44. The molecular formula is C16H14O4. The average molecular weight is 270 g/mol. The van der Waals surface area contributed by atoms with Gasteiger partial charge in [-0.2, -0.15) is 0 Å². The van der Waals surface area contributed by atoms with Crippen LogP contribution in [0.15, 0.2) is 48.5 Å². The van der Waals surface area contributed by atoms with Gasteiger partial charge in [-0.15, -0.1) is 0 Å². The van der Waals surface area contributed by atoms with E-state index in [0.717, 1.165) is 0 Å². The molecule has 4 heteroatoms. The van der Waals surface area contributed by atoms with Crippen LogP contribution in [0.3, 0.4) is 0 Å². The van der Waals surface area contributed by atoms with Gasteiger partial charge in [0.25, 0.3) is 0 Å². The number of carboxylic acid groups (broad SMARTS) is 1. The molecule has 0 saturated heterocycles. The standard InChI is InChI=1S/C16H14O4/c1-20-14-7-5-12(6-8-14)15(16(18)19)13-4-2-3-11(9-13)10-17/h2-10,15H,1H3,(H,18,19). The summed E-state index contributed by atoms with van der Waals surface area (Å²) in [5.74, 6) is -1.10. The average Bonchev–Trinajstić information content (AvgIpc) is 2.48. The van der Waals surface area contributed by atoms with E-state index >= 15 is 0 Å². The molecule has 4 nitrogen and oxygen atoms in total. The van der Waals surface area contributed by atoms with Gasteiger partial charge < -0.3 is 9.84 Å². The topological polar surface area (TPSA) is 63.6 Å². The maximum atomic E-state index is 11.5. The van der Waals surface area contributed by atoms with Crippen molar-refractivity contribution in [1.29, 1.82) is 0 Å². The second kappa shape index (κ2) is 6.02. The van der Waals surface area contributed by atoms with Gasteiger partial charge >= 0.3 is 5.97 Å². The monoisotopic (exact) mass is 270 g/mol. The van der Waals surface area contributed by atoms with Gasteiger partial charge in [0.15, 0.2) is 0 Å². The van der Waals surface area contributed by atoms with Gasteiger partial charge in [-0.1, -0.05) is 30.3 Å². The van der Waals surface area contributed by atoms with E-state index in [2.05, 4.69) is 0 Å². The minimum absolute atomic E-state index is 0.460. The lowest BCUT2D eigenvalue weighted by molar-refractivity contribution is -0.137. The van der Waals surface area contributed by atoms with Crippen LogP contribution in [0.4, 0.5) is 0 Å². The lowest BCUT2D eigenvalue weighted by atomic mass is 9.90. The first kappa shape index (κ1) is 13.8. The van der Waals surface area contributed by atoms with Crippen molar-refractivity contribution in [1.82, 2.24) is 0 Å². The molecule has 102 valence electrons. The molecule has 0 heterocycles. The third-order valence-electron chi connectivity index (χ3n) is 3.08. The predicted octanol–water partition coefficient (Wildman–Crippen LogP) is 2.72. The van der Waals surface area contributed by atoms with Crippen molar-refractivity contribution in [2.24, 2.45) is 0 Å². The molecule has 0 amide bonds. The molecule has 0 aliphatic carbocycles. The van der Waals surface area contributed by atoms with Gasteiger partial charge in [0.05, 0.1) is 7.11 Å². The lowest BCUT2D eigenvalue weighted by Gasteiger charge is -2.14. The zero-order valence-corrected chi connectivity index (χ0v) is 10.9. The van der Waals surface area contributed by atoms with E-state index in [1.54, 1.807) is 55.6 Å². The fourth-order valence-corrected chi connectivity index (χ4v) is 2.09. The Labute approximate surface area is 116 Å². The predicted molar refractivity (Wildman–Crippen MR) is 74.3 cm³/mol. The van der Waals surface area contributed by atoms with Crippen molar-refractivity contribution in [3.63, 3.8) is 0 Å². The normalized spacial score (nSPS) is 11.7. The summed E-state index contributed by atoms with van der Waals surface area (Å²) in [5.41, 5.74) is 1.68. The second-order valence-corrected chi connectivity index (χ2v) is 4.33. The number of carbonyl (C=O) groups excluding carboxylic acids is 1. The van der Waals surface area contributed by atoms with Crippen LogP contribution in [0.25, 0.3) is 0 Å². The van der Waals surface area contributed by atoms with E-state index in [-0.39, 0.29) is 0 Å². The summed E-state index contributed by atoms with van der Waals surface area (Å²) >= 11 is 0. The minimum Gasteiger partial charge on any atom is -0.497 e. The summed E-state index contributed by atoms with van der Waals surface area (Å²) in [4.78, 5) is 22.3. The number of aliphatic carboxylic acids is 1. The molecular weight excluding hydrogens is 256 g/mol. The summed E-state index contributed by atoms with van der Waals surface area (Å²) in [7, 11) is 1.55. The van der Waals surface area contributed by atoms with Crippen LogP contribution in [0.1, 0.15) is 27.4 Å². The molecule has 0 saturated carbocycles. The number of carbonyl (C=O) groups is 2. The van der Waals surface area contributed by atoms with E-state index in [0.29, 0.717) is 28.7 Å². The van der Waals surface area contributed by atoms with Gasteiger partial charge in [-0.25, -0.2) is 0 Å². The number of methoxy groups -OCH3 is 1. The number of benzene rings is 2. The first-order valence-electron chi connectivity index (χ1n) is 6.07. The van der Waals surface area contributed by atoms with Crippen LogP contribution < -0.4 is 4.74 Å². The lowest BCUT2D eigenvalue weighted by Crippen LogP contribution is -2.13. The molecule has 1 atom stereocenters. The van der Waals surface area contributed by atoms with Crippen LogP contribution in [0.2, 0.25) is 0 Å². The second-order valence-electron chi connectivity index (χ2n) is 4.33. The highest BCUT2D eigenvalue weighted by Gasteiger charge is 2.22. The molecule has 1 unspecified atom stereocenters. The Morgan fingerprint density at radius 3 is 2.40 bits per heavy atom. The van der Waals surface area contributed by atoms with Crippen molar-refractivity contribution in [3.05, 3.63) is 65.2 Å². The highest BCUT2D eigenvalue weighted by molar-refractivity contribution is 5.82. The largest absolute Gasteiger partial charge is 0.497 e. The zero-order chi connectivity index (χ0) is 14.5. The van der Waals surface area contributed by atoms with Crippen molar-refractivity contribution in [3.8, 4) is 5.75 Å².